The van der Waals surface area contributed by atoms with Crippen molar-refractivity contribution in [2.75, 3.05) is 0 Å². The molecule has 40 heavy (non-hydrogen) atoms. The third-order valence-corrected chi connectivity index (χ3v) is 6.61. The molecule has 0 atom stereocenters. The molecule has 6 rings (SSSR count). The molecule has 0 unspecified atom stereocenters. The Morgan fingerprint density at radius 3 is 1.00 bits per heavy atom. The standard InChI is InChI=1S/C24H16BF4.C5H6.C5H5.Fe/c26-21-9-1-5-17(13-21)25(18-6-2-10-22(27)14-18,19-7-3-11-23(28)15-19)20-8-4-12-24(29)16-20;2*1-2-4-5-3-1;/h1-16H;1-4H,5H2;1-5H;/q-1;;-1;+2. The van der Waals surface area contributed by atoms with E-state index in [1.54, 1.807) is 48.5 Å². The maximum absolute atomic E-state index is 14.3. The van der Waals surface area contributed by atoms with Gasteiger partial charge in [-0.25, -0.2) is 29.7 Å². The van der Waals surface area contributed by atoms with Crippen molar-refractivity contribution < 1.29 is 34.6 Å². The van der Waals surface area contributed by atoms with Crippen LogP contribution in [-0.2, 0) is 17.1 Å². The summed E-state index contributed by atoms with van der Waals surface area (Å²) in [4.78, 5) is 0. The Morgan fingerprint density at radius 1 is 0.475 bits per heavy atom. The molecule has 1 aliphatic carbocycles. The van der Waals surface area contributed by atoms with Gasteiger partial charge in [-0.3, -0.25) is 0 Å². The average Bonchev–Trinajstić information content (AvgIpc) is 3.70. The molecule has 1 aliphatic rings. The first-order chi connectivity index (χ1) is 19.0. The van der Waals surface area contributed by atoms with Gasteiger partial charge in [0.2, 0.25) is 0 Å². The van der Waals surface area contributed by atoms with Crippen LogP contribution in [0.3, 0.4) is 0 Å². The number of rotatable bonds is 4. The van der Waals surface area contributed by atoms with E-state index in [1.165, 1.54) is 48.5 Å². The fourth-order valence-corrected chi connectivity index (χ4v) is 4.97. The molecular formula is C34H27BF4Fe. The van der Waals surface area contributed by atoms with Gasteiger partial charge in [-0.1, -0.05) is 97.1 Å². The summed E-state index contributed by atoms with van der Waals surface area (Å²) in [5.74, 6) is -1.95. The predicted molar refractivity (Wildman–Crippen MR) is 155 cm³/mol. The van der Waals surface area contributed by atoms with Crippen LogP contribution in [0, 0.1) is 23.3 Å². The van der Waals surface area contributed by atoms with Gasteiger partial charge in [-0.2, -0.15) is 40.1 Å². The maximum Gasteiger partial charge on any atom is 2.00 e. The summed E-state index contributed by atoms with van der Waals surface area (Å²) in [6.45, 7) is 0. The minimum Gasteiger partial charge on any atom is -0.214 e. The van der Waals surface area contributed by atoms with Crippen LogP contribution in [-0.4, -0.2) is 6.15 Å². The van der Waals surface area contributed by atoms with E-state index in [1.807, 2.05) is 30.3 Å². The number of allylic oxidation sites excluding steroid dienone is 4. The summed E-state index contributed by atoms with van der Waals surface area (Å²) in [5.41, 5.74) is 1.97. The van der Waals surface area contributed by atoms with Gasteiger partial charge in [0.05, 0.1) is 0 Å². The van der Waals surface area contributed by atoms with E-state index in [0.29, 0.717) is 21.9 Å². The summed E-state index contributed by atoms with van der Waals surface area (Å²) in [6, 6.07) is 33.5. The molecule has 202 valence electrons. The van der Waals surface area contributed by atoms with Crippen molar-refractivity contribution in [2.45, 2.75) is 6.42 Å². The predicted octanol–water partition coefficient (Wildman–Crippen LogP) is 6.53. The fraction of sp³-hybridized carbons (Fsp3) is 0.0294. The Balaban J connectivity index is 0.000000335. The molecule has 5 aromatic rings. The first kappa shape index (κ1) is 30.6. The van der Waals surface area contributed by atoms with E-state index in [2.05, 4.69) is 24.3 Å². The number of hydrogen-bond acceptors (Lipinski definition) is 0. The van der Waals surface area contributed by atoms with Crippen LogP contribution in [0.25, 0.3) is 0 Å². The maximum atomic E-state index is 14.3. The van der Waals surface area contributed by atoms with Crippen molar-refractivity contribution >= 4 is 28.0 Å². The Morgan fingerprint density at radius 2 is 0.800 bits per heavy atom. The monoisotopic (exact) mass is 578 g/mol. The third-order valence-electron chi connectivity index (χ3n) is 6.61. The van der Waals surface area contributed by atoms with Crippen molar-refractivity contribution in [3.05, 3.63) is 175 Å². The van der Waals surface area contributed by atoms with Crippen LogP contribution in [0.15, 0.2) is 152 Å². The second kappa shape index (κ2) is 15.0. The van der Waals surface area contributed by atoms with Crippen LogP contribution in [0.4, 0.5) is 17.6 Å². The Hall–Kier alpha value is -3.99. The van der Waals surface area contributed by atoms with Gasteiger partial charge in [-0.15, -0.1) is 0 Å². The molecule has 0 aromatic heterocycles. The largest absolute Gasteiger partial charge is 2.00 e. The minimum absolute atomic E-state index is 0. The van der Waals surface area contributed by atoms with Crippen molar-refractivity contribution in [3.63, 3.8) is 0 Å². The second-order valence-corrected chi connectivity index (χ2v) is 9.14. The van der Waals surface area contributed by atoms with E-state index in [9.17, 15) is 17.6 Å². The molecule has 0 aliphatic heterocycles. The molecule has 0 saturated carbocycles. The van der Waals surface area contributed by atoms with Crippen LogP contribution in [0.5, 0.6) is 0 Å². The molecule has 0 bridgehead atoms. The van der Waals surface area contributed by atoms with Gasteiger partial charge in [0, 0.05) is 0 Å². The van der Waals surface area contributed by atoms with Crippen molar-refractivity contribution in [1.82, 2.24) is 0 Å². The zero-order valence-corrected chi connectivity index (χ0v) is 22.7. The Labute approximate surface area is 243 Å². The van der Waals surface area contributed by atoms with E-state index in [4.69, 9.17) is 0 Å². The zero-order valence-electron chi connectivity index (χ0n) is 21.6. The van der Waals surface area contributed by atoms with Gasteiger partial charge in [-0.05, 0) is 30.7 Å². The van der Waals surface area contributed by atoms with Gasteiger partial charge < -0.3 is 0 Å². The smallest absolute Gasteiger partial charge is 0.214 e. The average molecular weight is 578 g/mol. The van der Waals surface area contributed by atoms with Crippen LogP contribution in [0.1, 0.15) is 6.42 Å². The van der Waals surface area contributed by atoms with Crippen molar-refractivity contribution in [1.29, 1.82) is 0 Å². The molecule has 6 heteroatoms. The number of benzene rings is 4. The summed E-state index contributed by atoms with van der Waals surface area (Å²) < 4.78 is 57.1. The number of hydrogen-bond donors (Lipinski definition) is 0. The van der Waals surface area contributed by atoms with Gasteiger partial charge in [0.25, 0.3) is 0 Å². The molecular weight excluding hydrogens is 551 g/mol. The first-order valence-electron chi connectivity index (χ1n) is 12.7. The zero-order chi connectivity index (χ0) is 27.5. The van der Waals surface area contributed by atoms with E-state index in [0.717, 1.165) is 6.42 Å². The SMILES string of the molecule is C1=CCC=C1.Fc1cccc([B-](c2cccc(F)c2)(c2cccc(F)c2)c2cccc(F)c2)c1.[Fe+2].c1cc[cH-]c1. The van der Waals surface area contributed by atoms with Gasteiger partial charge >= 0.3 is 17.1 Å². The summed E-state index contributed by atoms with van der Waals surface area (Å²) in [6.07, 6.45) is 7.25. The number of halogens is 4. The molecule has 0 radical (unpaired) electrons. The second-order valence-electron chi connectivity index (χ2n) is 9.14. The molecule has 0 amide bonds. The first-order valence-corrected chi connectivity index (χ1v) is 12.7. The molecule has 0 N–H and O–H groups in total. The fourth-order valence-electron chi connectivity index (χ4n) is 4.97. The van der Waals surface area contributed by atoms with E-state index >= 15 is 0 Å². The van der Waals surface area contributed by atoms with E-state index in [-0.39, 0.29) is 17.1 Å². The summed E-state index contributed by atoms with van der Waals surface area (Å²) in [5, 5.41) is 0. The topological polar surface area (TPSA) is 0 Å². The minimum atomic E-state index is -2.25. The molecule has 0 heterocycles. The molecule has 0 spiro atoms. The van der Waals surface area contributed by atoms with Gasteiger partial charge in [0.1, 0.15) is 29.4 Å². The van der Waals surface area contributed by atoms with E-state index < -0.39 is 29.4 Å². The van der Waals surface area contributed by atoms with Crippen LogP contribution < -0.4 is 21.9 Å². The quantitative estimate of drug-likeness (QED) is 0.129. The van der Waals surface area contributed by atoms with Crippen LogP contribution in [0.2, 0.25) is 0 Å². The molecule has 5 aromatic carbocycles. The summed E-state index contributed by atoms with van der Waals surface area (Å²) >= 11 is 0. The molecule has 0 nitrogen and oxygen atoms in total. The summed E-state index contributed by atoms with van der Waals surface area (Å²) in [7, 11) is 0. The molecule has 0 fully saturated rings. The Bertz CT molecular complexity index is 1330. The third kappa shape index (κ3) is 7.56. The van der Waals surface area contributed by atoms with Crippen molar-refractivity contribution in [2.24, 2.45) is 0 Å². The normalized spacial score (nSPS) is 11.5. The molecule has 0 saturated heterocycles. The van der Waals surface area contributed by atoms with Gasteiger partial charge in [0.15, 0.2) is 0 Å². The van der Waals surface area contributed by atoms with Crippen molar-refractivity contribution in [3.8, 4) is 0 Å². The van der Waals surface area contributed by atoms with Crippen LogP contribution >= 0.6 is 0 Å². The Kier molecular flexibility index (Phi) is 11.4.